The predicted octanol–water partition coefficient (Wildman–Crippen LogP) is -0.836. The molecule has 0 bridgehead atoms. The minimum atomic E-state index is -0.248. The van der Waals surface area contributed by atoms with E-state index < -0.39 is 0 Å². The summed E-state index contributed by atoms with van der Waals surface area (Å²) in [4.78, 5) is 20.9. The van der Waals surface area contributed by atoms with Gasteiger partial charge in [-0.2, -0.15) is 9.61 Å². The van der Waals surface area contributed by atoms with E-state index in [1.165, 1.54) is 10.8 Å². The van der Waals surface area contributed by atoms with Crippen molar-refractivity contribution in [2.24, 2.45) is 5.73 Å². The highest BCUT2D eigenvalue weighted by molar-refractivity contribution is 5.37. The van der Waals surface area contributed by atoms with Gasteiger partial charge in [0.15, 0.2) is 5.65 Å². The molecule has 96 valence electrons. The van der Waals surface area contributed by atoms with Crippen LogP contribution in [0.25, 0.3) is 5.65 Å². The van der Waals surface area contributed by atoms with Gasteiger partial charge >= 0.3 is 5.69 Å². The maximum atomic E-state index is 11.8. The number of aromatic amines is 1. The predicted molar refractivity (Wildman–Crippen MR) is 66.4 cm³/mol. The zero-order valence-corrected chi connectivity index (χ0v) is 10.2. The van der Waals surface area contributed by atoms with Crippen molar-refractivity contribution >= 4 is 5.65 Å². The Morgan fingerprint density at radius 1 is 1.50 bits per heavy atom. The van der Waals surface area contributed by atoms with Crippen LogP contribution in [-0.2, 0) is 0 Å². The first-order valence-corrected chi connectivity index (χ1v) is 6.00. The largest absolute Gasteiger partial charge is 0.348 e. The highest BCUT2D eigenvalue weighted by atomic mass is 16.1. The number of nitrogens with one attached hydrogen (secondary N) is 1. The molecule has 0 aromatic carbocycles. The van der Waals surface area contributed by atoms with Crippen LogP contribution in [0.1, 0.15) is 18.0 Å². The first kappa shape index (κ1) is 11.4. The van der Waals surface area contributed by atoms with Gasteiger partial charge in [0.25, 0.3) is 0 Å². The van der Waals surface area contributed by atoms with Gasteiger partial charge in [-0.1, -0.05) is 0 Å². The molecule has 1 aliphatic heterocycles. The van der Waals surface area contributed by atoms with Gasteiger partial charge in [0.2, 0.25) is 0 Å². The number of fused-ring (bicyclic) bond motifs is 1. The van der Waals surface area contributed by atoms with Gasteiger partial charge in [-0.25, -0.2) is 9.78 Å². The number of hydrogen-bond donors (Lipinski definition) is 2. The molecule has 2 atom stereocenters. The van der Waals surface area contributed by atoms with Crippen molar-refractivity contribution in [2.45, 2.75) is 18.4 Å². The summed E-state index contributed by atoms with van der Waals surface area (Å²) < 4.78 is 1.26. The Labute approximate surface area is 104 Å². The fourth-order valence-corrected chi connectivity index (χ4v) is 2.67. The maximum absolute atomic E-state index is 11.8. The molecular formula is C11H16N6O. The summed E-state index contributed by atoms with van der Waals surface area (Å²) in [5, 5.41) is 3.86. The van der Waals surface area contributed by atoms with Gasteiger partial charge in [-0.15, -0.1) is 0 Å². The third-order valence-electron chi connectivity index (χ3n) is 3.41. The van der Waals surface area contributed by atoms with Crippen LogP contribution in [0.4, 0.5) is 0 Å². The number of likely N-dealkylation sites (tertiary alicyclic amines) is 1. The molecule has 0 radical (unpaired) electrons. The lowest BCUT2D eigenvalue weighted by Crippen LogP contribution is -2.44. The summed E-state index contributed by atoms with van der Waals surface area (Å²) in [6.07, 6.45) is 2.26. The molecule has 3 N–H and O–H groups in total. The van der Waals surface area contributed by atoms with Crippen LogP contribution in [0.2, 0.25) is 0 Å². The number of hydrogen-bond acceptors (Lipinski definition) is 5. The molecule has 2 aromatic rings. The van der Waals surface area contributed by atoms with Crippen molar-refractivity contribution in [1.82, 2.24) is 24.5 Å². The van der Waals surface area contributed by atoms with Gasteiger partial charge in [0.1, 0.15) is 6.33 Å². The molecule has 7 nitrogen and oxygen atoms in total. The van der Waals surface area contributed by atoms with Crippen molar-refractivity contribution in [2.75, 3.05) is 20.1 Å². The molecule has 3 rings (SSSR count). The molecular weight excluding hydrogens is 232 g/mol. The number of H-pyrrole nitrogens is 1. The second kappa shape index (κ2) is 4.18. The lowest BCUT2D eigenvalue weighted by molar-refractivity contribution is 0.224. The van der Waals surface area contributed by atoms with Crippen molar-refractivity contribution in [3.63, 3.8) is 0 Å². The third kappa shape index (κ3) is 1.91. The topological polar surface area (TPSA) is 92.3 Å². The number of aromatic nitrogens is 4. The van der Waals surface area contributed by atoms with Gasteiger partial charge in [0, 0.05) is 36.8 Å². The Morgan fingerprint density at radius 2 is 2.33 bits per heavy atom. The van der Waals surface area contributed by atoms with Crippen LogP contribution in [-0.4, -0.2) is 50.7 Å². The van der Waals surface area contributed by atoms with Crippen LogP contribution in [0.5, 0.6) is 0 Å². The Balaban J connectivity index is 2.00. The van der Waals surface area contributed by atoms with Gasteiger partial charge in [-0.3, -0.25) is 0 Å². The van der Waals surface area contributed by atoms with E-state index >= 15 is 0 Å². The summed E-state index contributed by atoms with van der Waals surface area (Å²) in [7, 11) is 2.04. The van der Waals surface area contributed by atoms with E-state index in [4.69, 9.17) is 5.73 Å². The maximum Gasteiger partial charge on any atom is 0.348 e. The van der Waals surface area contributed by atoms with E-state index in [1.54, 1.807) is 0 Å². The smallest absolute Gasteiger partial charge is 0.327 e. The van der Waals surface area contributed by atoms with E-state index in [-0.39, 0.29) is 17.6 Å². The van der Waals surface area contributed by atoms with Crippen LogP contribution in [0.15, 0.2) is 17.2 Å². The minimum absolute atomic E-state index is 0.145. The van der Waals surface area contributed by atoms with E-state index in [2.05, 4.69) is 20.0 Å². The number of nitrogens with zero attached hydrogens (tertiary/aromatic N) is 4. The van der Waals surface area contributed by atoms with E-state index in [0.29, 0.717) is 5.65 Å². The van der Waals surface area contributed by atoms with Crippen molar-refractivity contribution in [1.29, 1.82) is 0 Å². The second-order valence-corrected chi connectivity index (χ2v) is 4.97. The molecule has 2 unspecified atom stereocenters. The second-order valence-electron chi connectivity index (χ2n) is 4.97. The van der Waals surface area contributed by atoms with Crippen LogP contribution in [0.3, 0.4) is 0 Å². The first-order valence-electron chi connectivity index (χ1n) is 6.00. The molecule has 3 heterocycles. The highest BCUT2D eigenvalue weighted by Crippen LogP contribution is 2.23. The molecule has 0 aliphatic carbocycles. The third-order valence-corrected chi connectivity index (χ3v) is 3.41. The number of rotatable bonds is 1. The monoisotopic (exact) mass is 248 g/mol. The molecule has 1 aliphatic rings. The van der Waals surface area contributed by atoms with Gasteiger partial charge in [0.05, 0.1) is 0 Å². The zero-order valence-electron chi connectivity index (χ0n) is 10.2. The summed E-state index contributed by atoms with van der Waals surface area (Å²) >= 11 is 0. The Hall–Kier alpha value is -1.73. The number of nitrogens with two attached hydrogens (primary N) is 1. The van der Waals surface area contributed by atoms with Crippen molar-refractivity contribution in [3.05, 3.63) is 28.6 Å². The fourth-order valence-electron chi connectivity index (χ4n) is 2.67. The summed E-state index contributed by atoms with van der Waals surface area (Å²) in [5.41, 5.74) is 7.24. The quantitative estimate of drug-likeness (QED) is 0.687. The molecule has 7 heteroatoms. The lowest BCUT2D eigenvalue weighted by Gasteiger charge is -2.33. The number of likely N-dealkylation sites (N-methyl/N-ethyl adjacent to an activating group) is 1. The Morgan fingerprint density at radius 3 is 3.11 bits per heavy atom. The molecule has 0 amide bonds. The average molecular weight is 248 g/mol. The molecule has 1 saturated heterocycles. The number of piperidine rings is 1. The lowest BCUT2D eigenvalue weighted by atomic mass is 9.92. The van der Waals surface area contributed by atoms with Crippen LogP contribution in [0, 0.1) is 0 Å². The summed E-state index contributed by atoms with van der Waals surface area (Å²) in [6.45, 7) is 1.79. The average Bonchev–Trinajstić information content (AvgIpc) is 2.76. The Bertz CT molecular complexity index is 607. The van der Waals surface area contributed by atoms with Crippen LogP contribution < -0.4 is 11.4 Å². The van der Waals surface area contributed by atoms with Gasteiger partial charge in [-0.05, 0) is 13.5 Å². The molecule has 0 spiro atoms. The Kier molecular flexibility index (Phi) is 2.64. The molecule has 0 saturated carbocycles. The molecule has 2 aromatic heterocycles. The summed E-state index contributed by atoms with van der Waals surface area (Å²) in [5.74, 6) is 0.244. The van der Waals surface area contributed by atoms with E-state index in [0.717, 1.165) is 25.2 Å². The first-order chi connectivity index (χ1) is 8.63. The van der Waals surface area contributed by atoms with Crippen molar-refractivity contribution in [3.8, 4) is 0 Å². The standard InChI is InChI=1S/C11H16N6O/c1-16-4-7(2-8(12)5-16)9-3-10-13-6-14-17(10)11(18)15-9/h3,6-8H,2,4-5,12H2,1H3,(H,15,18). The zero-order chi connectivity index (χ0) is 12.7. The van der Waals surface area contributed by atoms with Crippen molar-refractivity contribution < 1.29 is 0 Å². The summed E-state index contributed by atoms with van der Waals surface area (Å²) in [6, 6.07) is 2.02. The van der Waals surface area contributed by atoms with Crippen LogP contribution >= 0.6 is 0 Å². The molecule has 1 fully saturated rings. The minimum Gasteiger partial charge on any atom is -0.327 e. The SMILES string of the molecule is CN1CC(N)CC(c2cc3ncnn3c(=O)[nH]2)C1. The van der Waals surface area contributed by atoms with Gasteiger partial charge < -0.3 is 15.6 Å². The normalized spacial score (nSPS) is 25.7. The van der Waals surface area contributed by atoms with E-state index in [1.807, 2.05) is 13.1 Å². The molecule has 18 heavy (non-hydrogen) atoms. The van der Waals surface area contributed by atoms with E-state index in [9.17, 15) is 4.79 Å². The highest BCUT2D eigenvalue weighted by Gasteiger charge is 2.25. The fraction of sp³-hybridized carbons (Fsp3) is 0.545.